The van der Waals surface area contributed by atoms with Gasteiger partial charge < -0.3 is 43.6 Å². The lowest BCUT2D eigenvalue weighted by Crippen LogP contribution is -2.69. The molecule has 2 aromatic rings. The Morgan fingerprint density at radius 3 is 2.60 bits per heavy atom. The van der Waals surface area contributed by atoms with Gasteiger partial charge in [0.2, 0.25) is 12.1 Å². The van der Waals surface area contributed by atoms with Crippen molar-refractivity contribution in [3.8, 4) is 11.5 Å². The molecular formula is C46H65N3O9. The molecule has 3 heterocycles. The van der Waals surface area contributed by atoms with E-state index in [1.54, 1.807) is 18.0 Å². The van der Waals surface area contributed by atoms with E-state index in [2.05, 4.69) is 23.7 Å². The molecule has 2 aliphatic heterocycles. The normalized spacial score (nSPS) is 27.1. The van der Waals surface area contributed by atoms with E-state index in [1.807, 2.05) is 58.0 Å². The highest BCUT2D eigenvalue weighted by Gasteiger charge is 2.65. The van der Waals surface area contributed by atoms with Crippen LogP contribution in [0.25, 0.3) is 0 Å². The zero-order chi connectivity index (χ0) is 41.3. The van der Waals surface area contributed by atoms with Gasteiger partial charge in [-0.15, -0.1) is 6.58 Å². The summed E-state index contributed by atoms with van der Waals surface area (Å²) in [7, 11) is 1.75. The number of carbonyl (C=O) groups is 1. The number of oxime groups is 1. The van der Waals surface area contributed by atoms with E-state index >= 15 is 0 Å². The van der Waals surface area contributed by atoms with Crippen molar-refractivity contribution in [2.75, 3.05) is 40.1 Å². The number of aryl methyl sites for hydroxylation is 1. The van der Waals surface area contributed by atoms with Gasteiger partial charge in [-0.05, 0) is 98.6 Å². The molecule has 2 N–H and O–H groups in total. The molecule has 2 aliphatic carbocycles. The van der Waals surface area contributed by atoms with Crippen LogP contribution in [-0.4, -0.2) is 90.1 Å². The van der Waals surface area contributed by atoms with Gasteiger partial charge in [0.25, 0.3) is 0 Å². The summed E-state index contributed by atoms with van der Waals surface area (Å²) in [6.45, 7) is 13.6. The van der Waals surface area contributed by atoms with Gasteiger partial charge in [-0.3, -0.25) is 4.98 Å². The molecule has 318 valence electrons. The Morgan fingerprint density at radius 2 is 1.90 bits per heavy atom. The number of ether oxygens (including phenoxy) is 5. The summed E-state index contributed by atoms with van der Waals surface area (Å²) < 4.78 is 32.5. The van der Waals surface area contributed by atoms with E-state index in [1.165, 1.54) is 0 Å². The number of aliphatic hydroxyl groups is 2. The van der Waals surface area contributed by atoms with E-state index in [0.717, 1.165) is 67.5 Å². The largest absolute Gasteiger partial charge is 0.487 e. The van der Waals surface area contributed by atoms with Crippen molar-refractivity contribution >= 4 is 11.8 Å². The number of amides is 1. The molecule has 12 nitrogen and oxygen atoms in total. The van der Waals surface area contributed by atoms with Crippen LogP contribution in [-0.2, 0) is 25.7 Å². The number of unbranched alkanes of at least 4 members (excludes halogenated alkanes) is 2. The third kappa shape index (κ3) is 10.2. The summed E-state index contributed by atoms with van der Waals surface area (Å²) in [4.78, 5) is 26.5. The van der Waals surface area contributed by atoms with Crippen LogP contribution in [0.4, 0.5) is 4.79 Å². The first-order chi connectivity index (χ1) is 28.0. The SMILES string of the molecule is C=CCOC12Oc3ccc(OCc4cccc(C)n4)cc3C3C(CCCCO)C(CCCCO)C=C(C(=NOC4CCCCO4)CC1N(C)C(=O)OCC(C)(C)C)C32. The first-order valence-electron chi connectivity index (χ1n) is 21.3. The quantitative estimate of drug-likeness (QED) is 0.0860. The highest BCUT2D eigenvalue weighted by Crippen LogP contribution is 2.62. The van der Waals surface area contributed by atoms with Crippen LogP contribution in [0, 0.1) is 30.1 Å². The van der Waals surface area contributed by atoms with E-state index in [9.17, 15) is 15.0 Å². The molecule has 0 radical (unpaired) electrons. The Labute approximate surface area is 344 Å². The van der Waals surface area contributed by atoms with Gasteiger partial charge in [-0.2, -0.15) is 0 Å². The Balaban J connectivity index is 1.52. The van der Waals surface area contributed by atoms with Gasteiger partial charge in [0, 0.05) is 50.3 Å². The Morgan fingerprint density at radius 1 is 1.10 bits per heavy atom. The maximum absolute atomic E-state index is 14.1. The van der Waals surface area contributed by atoms with Crippen molar-refractivity contribution in [1.29, 1.82) is 0 Å². The molecule has 12 heteroatoms. The fourth-order valence-corrected chi connectivity index (χ4v) is 9.08. The molecule has 1 aromatic carbocycles. The fourth-order valence-electron chi connectivity index (χ4n) is 9.08. The summed E-state index contributed by atoms with van der Waals surface area (Å²) in [6.07, 6.45) is 10.8. The van der Waals surface area contributed by atoms with Gasteiger partial charge in [0.15, 0.2) is 0 Å². The summed E-state index contributed by atoms with van der Waals surface area (Å²) in [6, 6.07) is 11.2. The number of pyridine rings is 1. The third-order valence-corrected chi connectivity index (χ3v) is 11.8. The van der Waals surface area contributed by atoms with Crippen LogP contribution in [0.1, 0.15) is 108 Å². The summed E-state index contributed by atoms with van der Waals surface area (Å²) in [5.41, 5.74) is 4.18. The number of rotatable bonds is 18. The van der Waals surface area contributed by atoms with Crippen LogP contribution >= 0.6 is 0 Å². The highest BCUT2D eigenvalue weighted by atomic mass is 16.8. The second kappa shape index (κ2) is 19.9. The number of allylic oxidation sites excluding steroid dienone is 1. The molecule has 58 heavy (non-hydrogen) atoms. The highest BCUT2D eigenvalue weighted by molar-refractivity contribution is 6.02. The molecule has 2 fully saturated rings. The van der Waals surface area contributed by atoms with Crippen LogP contribution in [0.2, 0.25) is 0 Å². The van der Waals surface area contributed by atoms with Crippen LogP contribution < -0.4 is 9.47 Å². The summed E-state index contributed by atoms with van der Waals surface area (Å²) in [5.74, 6) is -0.447. The lowest BCUT2D eigenvalue weighted by molar-refractivity contribution is -0.254. The van der Waals surface area contributed by atoms with Crippen LogP contribution in [0.15, 0.2) is 65.9 Å². The van der Waals surface area contributed by atoms with Crippen molar-refractivity contribution in [2.24, 2.45) is 28.3 Å². The van der Waals surface area contributed by atoms with Crippen LogP contribution in [0.5, 0.6) is 11.5 Å². The zero-order valence-electron chi connectivity index (χ0n) is 35.2. The molecule has 7 atom stereocenters. The van der Waals surface area contributed by atoms with Crippen molar-refractivity contribution in [3.63, 3.8) is 0 Å². The van der Waals surface area contributed by atoms with E-state index in [4.69, 9.17) is 33.7 Å². The Bertz CT molecular complexity index is 1750. The topological polar surface area (TPSA) is 141 Å². The van der Waals surface area contributed by atoms with Crippen molar-refractivity contribution in [3.05, 3.63) is 77.7 Å². The predicted octanol–water partition coefficient (Wildman–Crippen LogP) is 8.24. The second-order valence-corrected chi connectivity index (χ2v) is 17.5. The Kier molecular flexibility index (Phi) is 14.9. The number of benzene rings is 1. The molecule has 0 bridgehead atoms. The molecule has 0 spiro atoms. The molecule has 1 amide bonds. The second-order valence-electron chi connectivity index (χ2n) is 17.5. The number of hydrogen-bond acceptors (Lipinski definition) is 11. The van der Waals surface area contributed by atoms with E-state index in [0.29, 0.717) is 43.3 Å². The van der Waals surface area contributed by atoms with E-state index < -0.39 is 30.1 Å². The molecule has 6 rings (SSSR count). The van der Waals surface area contributed by atoms with Gasteiger partial charge in [-0.1, -0.05) is 57.0 Å². The standard InChI is InChI=1S/C46H65N3O9/c1-7-24-56-46-40(49(6)44(52)55-30-45(3,4)5)28-38(48-58-41-19-10-13-25-53-41)36-26-32(16-8-11-22-50)35(18-9-12-23-51)42(43(36)46)37-27-34(20-21-39(37)57-46)54-29-33-17-14-15-31(2)47-33/h7,14-15,17,20-21,26-27,32,35,40-43,50-51H,1,8-13,16,18-19,22-25,28-30H2,2-6H3. The number of fused-ring (bicyclic) bond motifs is 2. The van der Waals surface area contributed by atoms with Crippen LogP contribution in [0.3, 0.4) is 0 Å². The monoisotopic (exact) mass is 803 g/mol. The van der Waals surface area contributed by atoms with E-state index in [-0.39, 0.29) is 56.0 Å². The minimum atomic E-state index is -1.37. The minimum absolute atomic E-state index is 0.0859. The summed E-state index contributed by atoms with van der Waals surface area (Å²) >= 11 is 0. The number of nitrogens with zero attached hydrogens (tertiary/aromatic N) is 3. The van der Waals surface area contributed by atoms with Gasteiger partial charge in [-0.25, -0.2) is 4.79 Å². The average molecular weight is 804 g/mol. The maximum atomic E-state index is 14.1. The zero-order valence-corrected chi connectivity index (χ0v) is 35.2. The number of carbonyl (C=O) groups excluding carboxylic acids is 1. The number of likely N-dealkylation sites (N-methyl/N-ethyl adjacent to an activating group) is 1. The number of aromatic nitrogens is 1. The molecule has 1 saturated heterocycles. The first kappa shape index (κ1) is 43.6. The van der Waals surface area contributed by atoms with Gasteiger partial charge in [0.05, 0.1) is 37.1 Å². The lowest BCUT2D eigenvalue weighted by atomic mass is 9.55. The van der Waals surface area contributed by atoms with Crippen molar-refractivity contribution in [2.45, 2.75) is 123 Å². The fraction of sp³-hybridized carbons (Fsp3) is 0.630. The van der Waals surface area contributed by atoms with Gasteiger partial charge >= 0.3 is 6.09 Å². The van der Waals surface area contributed by atoms with Crippen molar-refractivity contribution in [1.82, 2.24) is 9.88 Å². The smallest absolute Gasteiger partial charge is 0.410 e. The lowest BCUT2D eigenvalue weighted by Gasteiger charge is -2.59. The molecule has 4 aliphatic rings. The predicted molar refractivity (Wildman–Crippen MR) is 222 cm³/mol. The number of aliphatic hydroxyl groups excluding tert-OH is 2. The van der Waals surface area contributed by atoms with Gasteiger partial charge in [0.1, 0.15) is 24.1 Å². The molecule has 7 unspecified atom stereocenters. The maximum Gasteiger partial charge on any atom is 0.410 e. The third-order valence-electron chi connectivity index (χ3n) is 11.8. The molecule has 1 saturated carbocycles. The first-order valence-corrected chi connectivity index (χ1v) is 21.3. The summed E-state index contributed by atoms with van der Waals surface area (Å²) in [5, 5.41) is 24.7. The number of hydrogen-bond donors (Lipinski definition) is 2. The Hall–Kier alpha value is -3.97. The minimum Gasteiger partial charge on any atom is -0.487 e. The molecular weight excluding hydrogens is 739 g/mol. The van der Waals surface area contributed by atoms with Crippen molar-refractivity contribution < 1.29 is 43.5 Å². The average Bonchev–Trinajstić information content (AvgIpc) is 3.21. The molecule has 1 aromatic heterocycles.